The van der Waals surface area contributed by atoms with Gasteiger partial charge in [0.1, 0.15) is 0 Å². The molecule has 0 aromatic carbocycles. The van der Waals surface area contributed by atoms with Crippen LogP contribution in [-0.4, -0.2) is 37.1 Å². The van der Waals surface area contributed by atoms with Crippen molar-refractivity contribution >= 4 is 0 Å². The molecule has 1 saturated heterocycles. The first-order valence-electron chi connectivity index (χ1n) is 5.23. The Kier molecular flexibility index (Phi) is 4.02. The molecule has 1 aliphatic rings. The summed E-state index contributed by atoms with van der Waals surface area (Å²) in [4.78, 5) is 2.65. The minimum Gasteiger partial charge on any atom is -0.318 e. The molecule has 72 valence electrons. The Hall–Kier alpha value is -0.0800. The van der Waals surface area contributed by atoms with Crippen LogP contribution in [0.1, 0.15) is 33.1 Å². The van der Waals surface area contributed by atoms with Crippen LogP contribution in [0.3, 0.4) is 0 Å². The highest BCUT2D eigenvalue weighted by Gasteiger charge is 2.29. The fourth-order valence-corrected chi connectivity index (χ4v) is 2.42. The fourth-order valence-electron chi connectivity index (χ4n) is 2.42. The highest BCUT2D eigenvalue weighted by molar-refractivity contribution is 4.86. The molecule has 0 saturated carbocycles. The second-order valence-electron chi connectivity index (χ2n) is 3.68. The van der Waals surface area contributed by atoms with Gasteiger partial charge >= 0.3 is 0 Å². The third kappa shape index (κ3) is 1.99. The first-order valence-corrected chi connectivity index (χ1v) is 5.23. The van der Waals surface area contributed by atoms with Crippen LogP contribution in [0.5, 0.6) is 0 Å². The standard InChI is InChI=1S/C10H22N2/c1-4-9-6-7-10(8-11-3)12(9)5-2/h9-11H,4-8H2,1-3H3. The molecule has 0 amide bonds. The van der Waals surface area contributed by atoms with Crippen LogP contribution >= 0.6 is 0 Å². The molecule has 1 rings (SSSR count). The van der Waals surface area contributed by atoms with Crippen LogP contribution in [0.2, 0.25) is 0 Å². The van der Waals surface area contributed by atoms with Crippen molar-refractivity contribution in [2.75, 3.05) is 20.1 Å². The van der Waals surface area contributed by atoms with Crippen molar-refractivity contribution in [2.45, 2.75) is 45.2 Å². The zero-order chi connectivity index (χ0) is 8.97. The molecular weight excluding hydrogens is 148 g/mol. The Morgan fingerprint density at radius 1 is 1.25 bits per heavy atom. The molecule has 2 heteroatoms. The lowest BCUT2D eigenvalue weighted by molar-refractivity contribution is 0.197. The van der Waals surface area contributed by atoms with Crippen molar-refractivity contribution in [2.24, 2.45) is 0 Å². The third-order valence-electron chi connectivity index (χ3n) is 3.05. The highest BCUT2D eigenvalue weighted by atomic mass is 15.2. The molecule has 1 aliphatic heterocycles. The molecule has 2 atom stereocenters. The van der Waals surface area contributed by atoms with Crippen LogP contribution in [0.4, 0.5) is 0 Å². The summed E-state index contributed by atoms with van der Waals surface area (Å²) in [6.45, 7) is 6.95. The highest BCUT2D eigenvalue weighted by Crippen LogP contribution is 2.25. The molecule has 2 nitrogen and oxygen atoms in total. The Balaban J connectivity index is 2.44. The van der Waals surface area contributed by atoms with Gasteiger partial charge in [-0.1, -0.05) is 13.8 Å². The Labute approximate surface area is 76.3 Å². The van der Waals surface area contributed by atoms with Crippen molar-refractivity contribution in [3.63, 3.8) is 0 Å². The van der Waals surface area contributed by atoms with Gasteiger partial charge in [-0.25, -0.2) is 0 Å². The molecule has 12 heavy (non-hydrogen) atoms. The Bertz CT molecular complexity index is 125. The SMILES string of the molecule is CCC1CCC(CNC)N1CC. The van der Waals surface area contributed by atoms with E-state index in [1.165, 1.54) is 25.8 Å². The average molecular weight is 170 g/mol. The lowest BCUT2D eigenvalue weighted by Crippen LogP contribution is -2.40. The summed E-state index contributed by atoms with van der Waals surface area (Å²) in [6, 6.07) is 1.65. The smallest absolute Gasteiger partial charge is 0.0223 e. The average Bonchev–Trinajstić information content (AvgIpc) is 2.47. The summed E-state index contributed by atoms with van der Waals surface area (Å²) < 4.78 is 0. The molecule has 0 aliphatic carbocycles. The number of likely N-dealkylation sites (tertiary alicyclic amines) is 1. The first kappa shape index (κ1) is 10.0. The molecule has 0 bridgehead atoms. The Morgan fingerprint density at radius 2 is 1.92 bits per heavy atom. The largest absolute Gasteiger partial charge is 0.318 e. The lowest BCUT2D eigenvalue weighted by Gasteiger charge is -2.28. The predicted octanol–water partition coefficient (Wildman–Crippen LogP) is 1.47. The van der Waals surface area contributed by atoms with E-state index in [1.807, 2.05) is 7.05 Å². The molecule has 1 N–H and O–H groups in total. The van der Waals surface area contributed by atoms with Crippen LogP contribution < -0.4 is 5.32 Å². The van der Waals surface area contributed by atoms with Crippen molar-refractivity contribution in [3.05, 3.63) is 0 Å². The summed E-state index contributed by atoms with van der Waals surface area (Å²) in [5.74, 6) is 0. The number of hydrogen-bond acceptors (Lipinski definition) is 2. The lowest BCUT2D eigenvalue weighted by atomic mass is 10.1. The second kappa shape index (κ2) is 4.83. The van der Waals surface area contributed by atoms with Gasteiger partial charge in [-0.2, -0.15) is 0 Å². The molecule has 0 radical (unpaired) electrons. The van der Waals surface area contributed by atoms with Gasteiger partial charge in [0.05, 0.1) is 0 Å². The second-order valence-corrected chi connectivity index (χ2v) is 3.68. The van der Waals surface area contributed by atoms with E-state index in [-0.39, 0.29) is 0 Å². The first-order chi connectivity index (χ1) is 5.83. The minimum atomic E-state index is 0.796. The quantitative estimate of drug-likeness (QED) is 0.687. The zero-order valence-corrected chi connectivity index (χ0v) is 8.64. The van der Waals surface area contributed by atoms with Crippen molar-refractivity contribution in [3.8, 4) is 0 Å². The number of hydrogen-bond donors (Lipinski definition) is 1. The monoisotopic (exact) mass is 170 g/mol. The maximum absolute atomic E-state index is 3.28. The Morgan fingerprint density at radius 3 is 2.42 bits per heavy atom. The summed E-state index contributed by atoms with van der Waals surface area (Å²) in [5, 5.41) is 3.28. The minimum absolute atomic E-state index is 0.796. The summed E-state index contributed by atoms with van der Waals surface area (Å²) in [7, 11) is 2.05. The fraction of sp³-hybridized carbons (Fsp3) is 1.00. The van der Waals surface area contributed by atoms with Gasteiger partial charge in [-0.3, -0.25) is 4.90 Å². The van der Waals surface area contributed by atoms with Gasteiger partial charge in [-0.05, 0) is 32.9 Å². The van der Waals surface area contributed by atoms with Gasteiger partial charge in [0.2, 0.25) is 0 Å². The molecule has 0 aromatic rings. The van der Waals surface area contributed by atoms with E-state index in [0.717, 1.165) is 18.6 Å². The topological polar surface area (TPSA) is 15.3 Å². The van der Waals surface area contributed by atoms with Crippen LogP contribution in [0.25, 0.3) is 0 Å². The molecule has 1 fully saturated rings. The van der Waals surface area contributed by atoms with E-state index in [2.05, 4.69) is 24.1 Å². The number of nitrogens with zero attached hydrogens (tertiary/aromatic N) is 1. The van der Waals surface area contributed by atoms with Crippen molar-refractivity contribution in [1.29, 1.82) is 0 Å². The number of rotatable bonds is 4. The van der Waals surface area contributed by atoms with Crippen LogP contribution in [0.15, 0.2) is 0 Å². The maximum Gasteiger partial charge on any atom is 0.0223 e. The molecule has 2 unspecified atom stereocenters. The molecule has 1 heterocycles. The van der Waals surface area contributed by atoms with Crippen molar-refractivity contribution in [1.82, 2.24) is 10.2 Å². The van der Waals surface area contributed by atoms with Gasteiger partial charge in [0.25, 0.3) is 0 Å². The van der Waals surface area contributed by atoms with Crippen LogP contribution in [0, 0.1) is 0 Å². The number of nitrogens with one attached hydrogen (secondary N) is 1. The van der Waals surface area contributed by atoms with Crippen molar-refractivity contribution < 1.29 is 0 Å². The van der Waals surface area contributed by atoms with E-state index in [0.29, 0.717) is 0 Å². The van der Waals surface area contributed by atoms with E-state index in [9.17, 15) is 0 Å². The zero-order valence-electron chi connectivity index (χ0n) is 8.64. The molecule has 0 aromatic heterocycles. The van der Waals surface area contributed by atoms with Gasteiger partial charge in [0.15, 0.2) is 0 Å². The molecular formula is C10H22N2. The summed E-state index contributed by atoms with van der Waals surface area (Å²) in [6.07, 6.45) is 4.10. The van der Waals surface area contributed by atoms with Crippen LogP contribution in [-0.2, 0) is 0 Å². The third-order valence-corrected chi connectivity index (χ3v) is 3.05. The van der Waals surface area contributed by atoms with E-state index in [4.69, 9.17) is 0 Å². The van der Waals surface area contributed by atoms with Gasteiger partial charge in [0, 0.05) is 18.6 Å². The predicted molar refractivity (Wildman–Crippen MR) is 53.4 cm³/mol. The van der Waals surface area contributed by atoms with Gasteiger partial charge < -0.3 is 5.32 Å². The van der Waals surface area contributed by atoms with Gasteiger partial charge in [-0.15, -0.1) is 0 Å². The number of likely N-dealkylation sites (N-methyl/N-ethyl adjacent to an activating group) is 2. The summed E-state index contributed by atoms with van der Waals surface area (Å²) in [5.41, 5.74) is 0. The molecule has 0 spiro atoms. The van der Waals surface area contributed by atoms with E-state index >= 15 is 0 Å². The van der Waals surface area contributed by atoms with E-state index < -0.39 is 0 Å². The maximum atomic E-state index is 3.28. The van der Waals surface area contributed by atoms with E-state index in [1.54, 1.807) is 0 Å². The normalized spacial score (nSPS) is 31.2. The summed E-state index contributed by atoms with van der Waals surface area (Å²) >= 11 is 0.